The molecule has 1 saturated heterocycles. The van der Waals surface area contributed by atoms with E-state index in [1.807, 2.05) is 0 Å². The van der Waals surface area contributed by atoms with Crippen LogP contribution in [-0.4, -0.2) is 35.2 Å². The number of hydrogen-bond acceptors (Lipinski definition) is 2. The number of likely N-dealkylation sites (tertiary alicyclic amines) is 1. The van der Waals surface area contributed by atoms with Crippen LogP contribution < -0.4 is 5.73 Å². The zero-order valence-corrected chi connectivity index (χ0v) is 6.94. The first-order valence-electron chi connectivity index (χ1n) is 4.42. The molecule has 3 atom stereocenters. The highest BCUT2D eigenvalue weighted by Gasteiger charge is 2.41. The lowest BCUT2D eigenvalue weighted by atomic mass is 9.93. The predicted molar refractivity (Wildman–Crippen MR) is 43.8 cm³/mol. The van der Waals surface area contributed by atoms with Gasteiger partial charge in [-0.05, 0) is 24.7 Å². The minimum absolute atomic E-state index is 0.251. The lowest BCUT2D eigenvalue weighted by Crippen LogP contribution is -2.50. The molecule has 3 N–H and O–H groups in total. The average molecular weight is 170 g/mol. The summed E-state index contributed by atoms with van der Waals surface area (Å²) in [5.74, 6) is 0.833. The maximum atomic E-state index is 10.7. The molecule has 0 aromatic rings. The first kappa shape index (κ1) is 7.86. The maximum absolute atomic E-state index is 10.7. The molecule has 1 heterocycles. The van der Waals surface area contributed by atoms with Crippen molar-refractivity contribution in [3.63, 3.8) is 0 Å². The summed E-state index contributed by atoms with van der Waals surface area (Å²) in [5, 5.41) is 8.77. The van der Waals surface area contributed by atoms with Gasteiger partial charge in [0, 0.05) is 19.1 Å². The third-order valence-corrected chi connectivity index (χ3v) is 3.18. The molecular formula is C8H14N2O2. The van der Waals surface area contributed by atoms with Crippen LogP contribution in [-0.2, 0) is 0 Å². The fourth-order valence-electron chi connectivity index (χ4n) is 2.42. The van der Waals surface area contributed by atoms with E-state index >= 15 is 0 Å². The van der Waals surface area contributed by atoms with Crippen LogP contribution in [0.5, 0.6) is 0 Å². The quantitative estimate of drug-likeness (QED) is 0.550. The summed E-state index contributed by atoms with van der Waals surface area (Å²) in [5.41, 5.74) is 5.93. The van der Waals surface area contributed by atoms with E-state index in [1.165, 1.54) is 4.90 Å². The van der Waals surface area contributed by atoms with Gasteiger partial charge in [-0.1, -0.05) is 0 Å². The number of carboxylic acid groups (broad SMARTS) is 1. The van der Waals surface area contributed by atoms with Crippen molar-refractivity contribution in [2.24, 2.45) is 17.6 Å². The topological polar surface area (TPSA) is 66.6 Å². The highest BCUT2D eigenvalue weighted by molar-refractivity contribution is 5.65. The summed E-state index contributed by atoms with van der Waals surface area (Å²) < 4.78 is 0. The summed E-state index contributed by atoms with van der Waals surface area (Å²) in [7, 11) is 0. The molecule has 1 saturated carbocycles. The molecule has 1 aliphatic heterocycles. The van der Waals surface area contributed by atoms with Crippen molar-refractivity contribution >= 4 is 6.09 Å². The molecular weight excluding hydrogens is 156 g/mol. The Hall–Kier alpha value is -0.770. The van der Waals surface area contributed by atoms with Gasteiger partial charge in [-0.2, -0.15) is 0 Å². The summed E-state index contributed by atoms with van der Waals surface area (Å²) in [4.78, 5) is 12.2. The van der Waals surface area contributed by atoms with E-state index < -0.39 is 6.09 Å². The van der Waals surface area contributed by atoms with Crippen molar-refractivity contribution in [1.29, 1.82) is 0 Å². The molecule has 4 nitrogen and oxygen atoms in total. The first-order valence-corrected chi connectivity index (χ1v) is 4.42. The Bertz CT molecular complexity index is 193. The van der Waals surface area contributed by atoms with Crippen molar-refractivity contribution in [3.05, 3.63) is 0 Å². The van der Waals surface area contributed by atoms with E-state index in [0.717, 1.165) is 12.8 Å². The molecule has 68 valence electrons. The Morgan fingerprint density at radius 1 is 1.33 bits per heavy atom. The van der Waals surface area contributed by atoms with Crippen molar-refractivity contribution in [3.8, 4) is 0 Å². The van der Waals surface area contributed by atoms with Crippen LogP contribution >= 0.6 is 0 Å². The van der Waals surface area contributed by atoms with E-state index in [1.54, 1.807) is 0 Å². The van der Waals surface area contributed by atoms with Crippen LogP contribution in [0.25, 0.3) is 0 Å². The third-order valence-electron chi connectivity index (χ3n) is 3.18. The largest absolute Gasteiger partial charge is 0.465 e. The molecule has 2 aliphatic rings. The van der Waals surface area contributed by atoms with Crippen LogP contribution in [0.2, 0.25) is 0 Å². The second kappa shape index (κ2) is 2.62. The fourth-order valence-corrected chi connectivity index (χ4v) is 2.42. The number of nitrogens with zero attached hydrogens (tertiary/aromatic N) is 1. The van der Waals surface area contributed by atoms with Crippen LogP contribution in [0.15, 0.2) is 0 Å². The molecule has 4 heteroatoms. The molecule has 2 rings (SSSR count). The van der Waals surface area contributed by atoms with Crippen molar-refractivity contribution in [2.45, 2.75) is 18.9 Å². The van der Waals surface area contributed by atoms with Gasteiger partial charge in [-0.25, -0.2) is 4.79 Å². The normalized spacial score (nSPS) is 40.1. The van der Waals surface area contributed by atoms with Crippen LogP contribution in [0, 0.1) is 11.8 Å². The number of rotatable bonds is 0. The lowest BCUT2D eigenvalue weighted by Gasteiger charge is -2.34. The zero-order chi connectivity index (χ0) is 8.72. The van der Waals surface area contributed by atoms with Gasteiger partial charge in [-0.3, -0.25) is 0 Å². The number of carbonyl (C=O) groups is 1. The van der Waals surface area contributed by atoms with Crippen molar-refractivity contribution in [1.82, 2.24) is 4.90 Å². The Labute approximate surface area is 71.3 Å². The van der Waals surface area contributed by atoms with E-state index in [0.29, 0.717) is 24.9 Å². The molecule has 1 unspecified atom stereocenters. The molecule has 2 bridgehead atoms. The molecule has 1 amide bonds. The molecule has 0 radical (unpaired) electrons. The van der Waals surface area contributed by atoms with Crippen molar-refractivity contribution in [2.75, 3.05) is 13.1 Å². The SMILES string of the molecule is NC1[C@@H]2CC[C@H]1CN(C(=O)O)C2. The summed E-state index contributed by atoms with van der Waals surface area (Å²) in [6.45, 7) is 1.29. The van der Waals surface area contributed by atoms with Gasteiger partial charge < -0.3 is 15.7 Å². The molecule has 0 spiro atoms. The van der Waals surface area contributed by atoms with Crippen LogP contribution in [0.4, 0.5) is 4.79 Å². The molecule has 12 heavy (non-hydrogen) atoms. The van der Waals surface area contributed by atoms with Gasteiger partial charge in [-0.15, -0.1) is 0 Å². The van der Waals surface area contributed by atoms with Crippen LogP contribution in [0.1, 0.15) is 12.8 Å². The Balaban J connectivity index is 2.07. The summed E-state index contributed by atoms with van der Waals surface area (Å²) in [6.07, 6.45) is 1.42. The Morgan fingerprint density at radius 2 is 1.83 bits per heavy atom. The summed E-state index contributed by atoms with van der Waals surface area (Å²) >= 11 is 0. The second-order valence-electron chi connectivity index (χ2n) is 3.86. The number of amides is 1. The number of hydrogen-bond donors (Lipinski definition) is 2. The van der Waals surface area contributed by atoms with Gasteiger partial charge in [0.25, 0.3) is 0 Å². The minimum atomic E-state index is -0.793. The lowest BCUT2D eigenvalue weighted by molar-refractivity contribution is 0.109. The van der Waals surface area contributed by atoms with E-state index in [-0.39, 0.29) is 6.04 Å². The Morgan fingerprint density at radius 3 is 2.25 bits per heavy atom. The van der Waals surface area contributed by atoms with E-state index in [4.69, 9.17) is 10.8 Å². The number of nitrogens with two attached hydrogens (primary N) is 1. The van der Waals surface area contributed by atoms with Gasteiger partial charge in [0.05, 0.1) is 0 Å². The standard InChI is InChI=1S/C8H14N2O2/c9-7-5-1-2-6(7)4-10(3-5)8(11)12/h5-7H,1-4,9H2,(H,11,12)/t5-,6+,7?. The highest BCUT2D eigenvalue weighted by atomic mass is 16.4. The minimum Gasteiger partial charge on any atom is -0.465 e. The Kier molecular flexibility index (Phi) is 1.72. The smallest absolute Gasteiger partial charge is 0.407 e. The zero-order valence-electron chi connectivity index (χ0n) is 6.94. The fraction of sp³-hybridized carbons (Fsp3) is 0.875. The average Bonchev–Trinajstić information content (AvgIpc) is 2.30. The van der Waals surface area contributed by atoms with Gasteiger partial charge >= 0.3 is 6.09 Å². The third kappa shape index (κ3) is 1.06. The van der Waals surface area contributed by atoms with E-state index in [2.05, 4.69) is 0 Å². The molecule has 0 aromatic heterocycles. The van der Waals surface area contributed by atoms with Crippen LogP contribution in [0.3, 0.4) is 0 Å². The number of piperidine rings is 1. The van der Waals surface area contributed by atoms with Gasteiger partial charge in [0.1, 0.15) is 0 Å². The number of fused-ring (bicyclic) bond motifs is 2. The van der Waals surface area contributed by atoms with Crippen molar-refractivity contribution < 1.29 is 9.90 Å². The maximum Gasteiger partial charge on any atom is 0.407 e. The second-order valence-corrected chi connectivity index (χ2v) is 3.86. The van der Waals surface area contributed by atoms with E-state index in [9.17, 15) is 4.79 Å². The van der Waals surface area contributed by atoms with Gasteiger partial charge in [0.2, 0.25) is 0 Å². The first-order chi connectivity index (χ1) is 5.68. The summed E-state index contributed by atoms with van der Waals surface area (Å²) in [6, 6.07) is 0.251. The molecule has 1 aliphatic carbocycles. The van der Waals surface area contributed by atoms with Gasteiger partial charge in [0.15, 0.2) is 0 Å². The molecule has 0 aromatic carbocycles. The highest BCUT2D eigenvalue weighted by Crippen LogP contribution is 2.35. The monoisotopic (exact) mass is 170 g/mol. The predicted octanol–water partition coefficient (Wildman–Crippen LogP) is 0.334. The molecule has 2 fully saturated rings.